The molecule has 2 N–H and O–H groups in total. The second kappa shape index (κ2) is 7.77. The Morgan fingerprint density at radius 2 is 1.86 bits per heavy atom. The van der Waals surface area contributed by atoms with Crippen LogP contribution in [0.15, 0.2) is 29.2 Å². The van der Waals surface area contributed by atoms with E-state index in [4.69, 9.17) is 4.74 Å². The largest absolute Gasteiger partial charge is 0.492 e. The fourth-order valence-corrected chi connectivity index (χ4v) is 3.77. The molecule has 0 heterocycles. The van der Waals surface area contributed by atoms with Crippen LogP contribution in [-0.4, -0.2) is 34.2 Å². The molecule has 1 aromatic carbocycles. The average molecular weight is 312 g/mol. The highest BCUT2D eigenvalue weighted by atomic mass is 32.2. The first-order valence-electron chi connectivity index (χ1n) is 7.58. The van der Waals surface area contributed by atoms with Gasteiger partial charge in [-0.2, -0.15) is 0 Å². The van der Waals surface area contributed by atoms with Crippen molar-refractivity contribution in [3.63, 3.8) is 0 Å². The monoisotopic (exact) mass is 312 g/mol. The van der Waals surface area contributed by atoms with Gasteiger partial charge >= 0.3 is 0 Å². The lowest BCUT2D eigenvalue weighted by atomic mass is 10.3. The minimum absolute atomic E-state index is 0.0889. The van der Waals surface area contributed by atoms with E-state index in [1.165, 1.54) is 0 Å². The van der Waals surface area contributed by atoms with Gasteiger partial charge in [-0.3, -0.25) is 0 Å². The Morgan fingerprint density at radius 1 is 1.19 bits per heavy atom. The quantitative estimate of drug-likeness (QED) is 0.720. The normalized spacial score (nSPS) is 16.2. The molecule has 0 amide bonds. The fraction of sp³-hybridized carbons (Fsp3) is 0.600. The molecule has 21 heavy (non-hydrogen) atoms. The third-order valence-electron chi connectivity index (χ3n) is 3.61. The molecule has 1 aliphatic carbocycles. The lowest BCUT2D eigenvalue weighted by Crippen LogP contribution is -2.32. The summed E-state index contributed by atoms with van der Waals surface area (Å²) >= 11 is 0. The molecular weight excluding hydrogens is 288 g/mol. The van der Waals surface area contributed by atoms with Gasteiger partial charge in [0.2, 0.25) is 10.0 Å². The molecule has 0 unspecified atom stereocenters. The van der Waals surface area contributed by atoms with Gasteiger partial charge in [0.05, 0.1) is 4.90 Å². The zero-order valence-corrected chi connectivity index (χ0v) is 13.3. The molecular formula is C15H24N2O3S. The third-order valence-corrected chi connectivity index (χ3v) is 5.14. The standard InChI is InChI=1S/C15H24N2O3S/c1-2-16-11-12-20-14-7-9-15(10-8-14)21(18,19)17-13-5-3-4-6-13/h7-10,13,16-17H,2-6,11-12H2,1H3. The zero-order valence-electron chi connectivity index (χ0n) is 12.5. The lowest BCUT2D eigenvalue weighted by Gasteiger charge is -2.13. The Labute approximate surface area is 127 Å². The van der Waals surface area contributed by atoms with Gasteiger partial charge in [0, 0.05) is 12.6 Å². The van der Waals surface area contributed by atoms with Crippen molar-refractivity contribution < 1.29 is 13.2 Å². The van der Waals surface area contributed by atoms with Gasteiger partial charge in [-0.05, 0) is 43.7 Å². The molecule has 1 fully saturated rings. The maximum absolute atomic E-state index is 12.2. The van der Waals surface area contributed by atoms with Crippen molar-refractivity contribution in [2.24, 2.45) is 0 Å². The predicted molar refractivity (Wildman–Crippen MR) is 83.1 cm³/mol. The van der Waals surface area contributed by atoms with Crippen LogP contribution in [-0.2, 0) is 10.0 Å². The smallest absolute Gasteiger partial charge is 0.240 e. The van der Waals surface area contributed by atoms with Crippen LogP contribution in [0.4, 0.5) is 0 Å². The highest BCUT2D eigenvalue weighted by Gasteiger charge is 2.22. The van der Waals surface area contributed by atoms with Crippen molar-refractivity contribution in [1.82, 2.24) is 10.0 Å². The van der Waals surface area contributed by atoms with Crippen molar-refractivity contribution >= 4 is 10.0 Å². The highest BCUT2D eigenvalue weighted by Crippen LogP contribution is 2.21. The van der Waals surface area contributed by atoms with Crippen LogP contribution >= 0.6 is 0 Å². The van der Waals surface area contributed by atoms with Crippen molar-refractivity contribution in [3.8, 4) is 5.75 Å². The van der Waals surface area contributed by atoms with Crippen LogP contribution in [0, 0.1) is 0 Å². The lowest BCUT2D eigenvalue weighted by molar-refractivity contribution is 0.315. The molecule has 5 nitrogen and oxygen atoms in total. The van der Waals surface area contributed by atoms with Crippen LogP contribution in [0.5, 0.6) is 5.75 Å². The maximum Gasteiger partial charge on any atom is 0.240 e. The summed E-state index contributed by atoms with van der Waals surface area (Å²) in [6.07, 6.45) is 4.08. The summed E-state index contributed by atoms with van der Waals surface area (Å²) in [6, 6.07) is 6.69. The summed E-state index contributed by atoms with van der Waals surface area (Å²) in [6.45, 7) is 4.30. The van der Waals surface area contributed by atoms with E-state index in [1.807, 2.05) is 6.92 Å². The Bertz CT molecular complexity index is 522. The summed E-state index contributed by atoms with van der Waals surface area (Å²) in [4.78, 5) is 0.299. The minimum atomic E-state index is -3.41. The summed E-state index contributed by atoms with van der Waals surface area (Å²) < 4.78 is 32.8. The second-order valence-corrected chi connectivity index (χ2v) is 6.99. The minimum Gasteiger partial charge on any atom is -0.492 e. The summed E-state index contributed by atoms with van der Waals surface area (Å²) in [5.41, 5.74) is 0. The maximum atomic E-state index is 12.2. The number of benzene rings is 1. The molecule has 2 rings (SSSR count). The molecule has 1 aliphatic rings. The van der Waals surface area contributed by atoms with E-state index in [0.29, 0.717) is 17.3 Å². The van der Waals surface area contributed by atoms with Crippen LogP contribution in [0.2, 0.25) is 0 Å². The molecule has 0 aromatic heterocycles. The fourth-order valence-electron chi connectivity index (χ4n) is 2.46. The number of rotatable bonds is 8. The molecule has 0 radical (unpaired) electrons. The Hall–Kier alpha value is -1.11. The Morgan fingerprint density at radius 3 is 2.48 bits per heavy atom. The summed E-state index contributed by atoms with van der Waals surface area (Å²) in [7, 11) is -3.41. The Balaban J connectivity index is 1.90. The van der Waals surface area contributed by atoms with E-state index in [1.54, 1.807) is 24.3 Å². The van der Waals surface area contributed by atoms with Crippen molar-refractivity contribution in [2.45, 2.75) is 43.5 Å². The molecule has 0 atom stereocenters. The number of sulfonamides is 1. The molecule has 0 aliphatic heterocycles. The number of ether oxygens (including phenoxy) is 1. The second-order valence-electron chi connectivity index (χ2n) is 5.28. The Kier molecular flexibility index (Phi) is 6.02. The zero-order chi connectivity index (χ0) is 15.1. The number of likely N-dealkylation sites (N-methyl/N-ethyl adjacent to an activating group) is 1. The SMILES string of the molecule is CCNCCOc1ccc(S(=O)(=O)NC2CCCC2)cc1. The van der Waals surface area contributed by atoms with Gasteiger partial charge in [0.15, 0.2) is 0 Å². The molecule has 1 saturated carbocycles. The topological polar surface area (TPSA) is 67.4 Å². The van der Waals surface area contributed by atoms with E-state index in [9.17, 15) is 8.42 Å². The summed E-state index contributed by atoms with van der Waals surface area (Å²) in [5, 5.41) is 3.16. The molecule has 118 valence electrons. The first-order valence-corrected chi connectivity index (χ1v) is 9.06. The van der Waals surface area contributed by atoms with Crippen molar-refractivity contribution in [1.29, 1.82) is 0 Å². The van der Waals surface area contributed by atoms with Crippen molar-refractivity contribution in [3.05, 3.63) is 24.3 Å². The van der Waals surface area contributed by atoms with Crippen LogP contribution in [0.25, 0.3) is 0 Å². The average Bonchev–Trinajstić information content (AvgIpc) is 2.96. The molecule has 0 bridgehead atoms. The van der Waals surface area contributed by atoms with Gasteiger partial charge in [-0.1, -0.05) is 19.8 Å². The molecule has 0 spiro atoms. The van der Waals surface area contributed by atoms with E-state index in [-0.39, 0.29) is 6.04 Å². The van der Waals surface area contributed by atoms with E-state index >= 15 is 0 Å². The number of hydrogen-bond acceptors (Lipinski definition) is 4. The van der Waals surface area contributed by atoms with Gasteiger partial charge in [-0.15, -0.1) is 0 Å². The van der Waals surface area contributed by atoms with Crippen LogP contribution in [0.1, 0.15) is 32.6 Å². The van der Waals surface area contributed by atoms with E-state index < -0.39 is 10.0 Å². The first-order chi connectivity index (χ1) is 10.1. The highest BCUT2D eigenvalue weighted by molar-refractivity contribution is 7.89. The first kappa shape index (κ1) is 16.3. The molecule has 6 heteroatoms. The predicted octanol–water partition coefficient (Wildman–Crippen LogP) is 1.90. The van der Waals surface area contributed by atoms with Gasteiger partial charge in [0.1, 0.15) is 12.4 Å². The van der Waals surface area contributed by atoms with E-state index in [2.05, 4.69) is 10.0 Å². The van der Waals surface area contributed by atoms with E-state index in [0.717, 1.165) is 38.8 Å². The molecule has 1 aromatic rings. The third kappa shape index (κ3) is 4.98. The van der Waals surface area contributed by atoms with Gasteiger partial charge in [-0.25, -0.2) is 13.1 Å². The van der Waals surface area contributed by atoms with Crippen LogP contribution in [0.3, 0.4) is 0 Å². The number of hydrogen-bond donors (Lipinski definition) is 2. The van der Waals surface area contributed by atoms with Gasteiger partial charge < -0.3 is 10.1 Å². The number of nitrogens with one attached hydrogen (secondary N) is 2. The van der Waals surface area contributed by atoms with Crippen molar-refractivity contribution in [2.75, 3.05) is 19.7 Å². The molecule has 0 saturated heterocycles. The van der Waals surface area contributed by atoms with Crippen LogP contribution < -0.4 is 14.8 Å². The van der Waals surface area contributed by atoms with Gasteiger partial charge in [0.25, 0.3) is 0 Å². The summed E-state index contributed by atoms with van der Waals surface area (Å²) in [5.74, 6) is 0.688.